The Morgan fingerprint density at radius 2 is 2.22 bits per heavy atom. The Balaban J connectivity index is 1.74. The van der Waals surface area contributed by atoms with E-state index in [-0.39, 0.29) is 11.5 Å². The Morgan fingerprint density at radius 3 is 2.94 bits per heavy atom. The Bertz CT molecular complexity index is 275. The minimum Gasteiger partial charge on any atom is -0.375 e. The van der Waals surface area contributed by atoms with Gasteiger partial charge in [0, 0.05) is 32.7 Å². The number of thioether (sulfide) groups is 1. The van der Waals surface area contributed by atoms with Crippen LogP contribution in [0.25, 0.3) is 0 Å². The van der Waals surface area contributed by atoms with Gasteiger partial charge < -0.3 is 15.4 Å². The number of nitrogens with one attached hydrogen (secondary N) is 2. The standard InChI is InChI=1S/C13H24N2O2S/c1-14-12(16)2-6-15-11-3-7-17-13(10-11)4-8-18-9-5-13/h11,15H,2-10H2,1H3,(H,14,16). The summed E-state index contributed by atoms with van der Waals surface area (Å²) in [6.45, 7) is 1.64. The van der Waals surface area contributed by atoms with E-state index in [4.69, 9.17) is 4.74 Å². The van der Waals surface area contributed by atoms with E-state index in [9.17, 15) is 4.79 Å². The third-order valence-electron chi connectivity index (χ3n) is 3.96. The molecule has 2 N–H and O–H groups in total. The van der Waals surface area contributed by atoms with Crippen LogP contribution < -0.4 is 10.6 Å². The van der Waals surface area contributed by atoms with Crippen molar-refractivity contribution in [3.05, 3.63) is 0 Å². The quantitative estimate of drug-likeness (QED) is 0.806. The molecule has 2 fully saturated rings. The second kappa shape index (κ2) is 6.78. The van der Waals surface area contributed by atoms with Crippen molar-refractivity contribution in [1.82, 2.24) is 10.6 Å². The van der Waals surface area contributed by atoms with Crippen molar-refractivity contribution in [3.8, 4) is 0 Å². The summed E-state index contributed by atoms with van der Waals surface area (Å²) in [5, 5.41) is 6.16. The van der Waals surface area contributed by atoms with Gasteiger partial charge >= 0.3 is 0 Å². The van der Waals surface area contributed by atoms with Crippen LogP contribution in [0, 0.1) is 0 Å². The van der Waals surface area contributed by atoms with Gasteiger partial charge in [0.05, 0.1) is 5.60 Å². The van der Waals surface area contributed by atoms with Gasteiger partial charge in [-0.3, -0.25) is 4.79 Å². The number of carbonyl (C=O) groups excluding carboxylic acids is 1. The minimum absolute atomic E-state index is 0.110. The molecule has 2 saturated heterocycles. The second-order valence-corrected chi connectivity index (χ2v) is 6.44. The first-order chi connectivity index (χ1) is 8.74. The molecule has 0 aromatic heterocycles. The summed E-state index contributed by atoms with van der Waals surface area (Å²) in [6.07, 6.45) is 5.12. The molecule has 1 unspecified atom stereocenters. The highest BCUT2D eigenvalue weighted by molar-refractivity contribution is 7.99. The third kappa shape index (κ3) is 3.87. The first-order valence-electron chi connectivity index (χ1n) is 6.90. The van der Waals surface area contributed by atoms with Crippen molar-refractivity contribution in [2.24, 2.45) is 0 Å². The normalized spacial score (nSPS) is 27.1. The zero-order valence-electron chi connectivity index (χ0n) is 11.2. The highest BCUT2D eigenvalue weighted by atomic mass is 32.2. The summed E-state index contributed by atoms with van der Waals surface area (Å²) in [4.78, 5) is 11.2. The van der Waals surface area contributed by atoms with Gasteiger partial charge in [-0.25, -0.2) is 0 Å². The number of hydrogen-bond donors (Lipinski definition) is 2. The summed E-state index contributed by atoms with van der Waals surface area (Å²) in [7, 11) is 1.69. The van der Waals surface area contributed by atoms with Crippen LogP contribution >= 0.6 is 11.8 Å². The number of carbonyl (C=O) groups is 1. The molecule has 5 heteroatoms. The molecule has 104 valence electrons. The molecule has 0 aromatic carbocycles. The molecule has 18 heavy (non-hydrogen) atoms. The van der Waals surface area contributed by atoms with Crippen molar-refractivity contribution >= 4 is 17.7 Å². The Hall–Kier alpha value is -0.260. The molecule has 2 rings (SSSR count). The summed E-state index contributed by atoms with van der Waals surface area (Å²) in [5.41, 5.74) is 0.133. The van der Waals surface area contributed by atoms with E-state index < -0.39 is 0 Å². The lowest BCUT2D eigenvalue weighted by atomic mass is 9.85. The van der Waals surface area contributed by atoms with Gasteiger partial charge in [0.25, 0.3) is 0 Å². The largest absolute Gasteiger partial charge is 0.375 e. The summed E-state index contributed by atoms with van der Waals surface area (Å²) in [6, 6.07) is 0.520. The van der Waals surface area contributed by atoms with E-state index in [1.807, 2.05) is 11.8 Å². The van der Waals surface area contributed by atoms with Crippen LogP contribution in [0.2, 0.25) is 0 Å². The molecule has 1 atom stereocenters. The maximum Gasteiger partial charge on any atom is 0.221 e. The van der Waals surface area contributed by atoms with Crippen molar-refractivity contribution in [2.45, 2.75) is 43.7 Å². The molecular weight excluding hydrogens is 248 g/mol. The van der Waals surface area contributed by atoms with E-state index in [2.05, 4.69) is 10.6 Å². The monoisotopic (exact) mass is 272 g/mol. The van der Waals surface area contributed by atoms with Gasteiger partial charge in [-0.05, 0) is 37.2 Å². The fraction of sp³-hybridized carbons (Fsp3) is 0.923. The van der Waals surface area contributed by atoms with Gasteiger partial charge in [0.15, 0.2) is 0 Å². The Labute approximate surface area is 114 Å². The fourth-order valence-corrected chi connectivity index (χ4v) is 4.05. The first-order valence-corrected chi connectivity index (χ1v) is 8.05. The molecule has 4 nitrogen and oxygen atoms in total. The zero-order chi connectivity index (χ0) is 12.8. The minimum atomic E-state index is 0.110. The van der Waals surface area contributed by atoms with E-state index in [0.717, 1.165) is 26.0 Å². The maximum atomic E-state index is 11.2. The number of rotatable bonds is 4. The van der Waals surface area contributed by atoms with E-state index >= 15 is 0 Å². The first kappa shape index (κ1) is 14.2. The van der Waals surface area contributed by atoms with Crippen LogP contribution in [0.4, 0.5) is 0 Å². The van der Waals surface area contributed by atoms with Gasteiger partial charge in [-0.15, -0.1) is 0 Å². The summed E-state index contributed by atoms with van der Waals surface area (Å²) < 4.78 is 6.05. The SMILES string of the molecule is CNC(=O)CCNC1CCOC2(CCSCC2)C1. The van der Waals surface area contributed by atoms with E-state index in [1.54, 1.807) is 7.05 Å². The number of hydrogen-bond acceptors (Lipinski definition) is 4. The van der Waals surface area contributed by atoms with Gasteiger partial charge in [-0.1, -0.05) is 0 Å². The molecule has 1 amide bonds. The zero-order valence-corrected chi connectivity index (χ0v) is 12.0. The van der Waals surface area contributed by atoms with Crippen LogP contribution in [-0.2, 0) is 9.53 Å². The summed E-state index contributed by atoms with van der Waals surface area (Å²) >= 11 is 2.04. The van der Waals surface area contributed by atoms with Crippen molar-refractivity contribution in [1.29, 1.82) is 0 Å². The molecule has 2 aliphatic heterocycles. The fourth-order valence-electron chi connectivity index (χ4n) is 2.81. The van der Waals surface area contributed by atoms with Crippen molar-refractivity contribution in [3.63, 3.8) is 0 Å². The van der Waals surface area contributed by atoms with Crippen molar-refractivity contribution in [2.75, 3.05) is 31.7 Å². The lowest BCUT2D eigenvalue weighted by Gasteiger charge is -2.43. The topological polar surface area (TPSA) is 50.4 Å². The van der Waals surface area contributed by atoms with Crippen LogP contribution in [0.5, 0.6) is 0 Å². The lowest BCUT2D eigenvalue weighted by Crippen LogP contribution is -2.49. The highest BCUT2D eigenvalue weighted by Crippen LogP contribution is 2.37. The molecule has 0 saturated carbocycles. The molecule has 0 radical (unpaired) electrons. The van der Waals surface area contributed by atoms with E-state index in [1.165, 1.54) is 24.3 Å². The molecule has 0 aliphatic carbocycles. The van der Waals surface area contributed by atoms with Crippen LogP contribution in [0.3, 0.4) is 0 Å². The molecule has 2 heterocycles. The second-order valence-electron chi connectivity index (χ2n) is 5.21. The number of ether oxygens (including phenoxy) is 1. The average molecular weight is 272 g/mol. The predicted molar refractivity (Wildman–Crippen MR) is 75.0 cm³/mol. The predicted octanol–water partition coefficient (Wildman–Crippen LogP) is 1.16. The van der Waals surface area contributed by atoms with Crippen LogP contribution in [0.15, 0.2) is 0 Å². The van der Waals surface area contributed by atoms with Crippen LogP contribution in [0.1, 0.15) is 32.1 Å². The molecule has 1 spiro atoms. The average Bonchev–Trinajstić information content (AvgIpc) is 2.39. The van der Waals surface area contributed by atoms with Gasteiger partial charge in [0.2, 0.25) is 5.91 Å². The maximum absolute atomic E-state index is 11.2. The lowest BCUT2D eigenvalue weighted by molar-refractivity contribution is -0.120. The smallest absolute Gasteiger partial charge is 0.221 e. The molecule has 0 aromatic rings. The van der Waals surface area contributed by atoms with Gasteiger partial charge in [-0.2, -0.15) is 11.8 Å². The van der Waals surface area contributed by atoms with E-state index in [0.29, 0.717) is 12.5 Å². The molecular formula is C13H24N2O2S. The third-order valence-corrected chi connectivity index (χ3v) is 4.95. The number of amides is 1. The Morgan fingerprint density at radius 1 is 1.44 bits per heavy atom. The van der Waals surface area contributed by atoms with Gasteiger partial charge in [0.1, 0.15) is 0 Å². The van der Waals surface area contributed by atoms with Crippen molar-refractivity contribution < 1.29 is 9.53 Å². The highest BCUT2D eigenvalue weighted by Gasteiger charge is 2.38. The van der Waals surface area contributed by atoms with Crippen LogP contribution in [-0.4, -0.2) is 49.3 Å². The molecule has 0 bridgehead atoms. The molecule has 2 aliphatic rings. The Kier molecular flexibility index (Phi) is 5.33. The summed E-state index contributed by atoms with van der Waals surface area (Å²) in [5.74, 6) is 2.56.